The molecule has 0 heterocycles. The van der Waals surface area contributed by atoms with Gasteiger partial charge in [0, 0.05) is 0 Å². The number of halogens is 1. The monoisotopic (exact) mass is 451 g/mol. The summed E-state index contributed by atoms with van der Waals surface area (Å²) in [5.74, 6) is -0.226. The quantitative estimate of drug-likeness (QED) is 0.624. The van der Waals surface area contributed by atoms with Crippen LogP contribution in [-0.2, 0) is 29.2 Å². The number of rotatable bonds is 1. The van der Waals surface area contributed by atoms with Crippen molar-refractivity contribution >= 4 is 32.7 Å². The molecule has 0 bridgehead atoms. The molecule has 2 aromatic carbocycles. The maximum atomic E-state index is 11.6. The summed E-state index contributed by atoms with van der Waals surface area (Å²) >= 11 is 3.48. The van der Waals surface area contributed by atoms with Crippen LogP contribution in [0.5, 0.6) is 0 Å². The Morgan fingerprint density at radius 1 is 1.20 bits per heavy atom. The third-order valence-corrected chi connectivity index (χ3v) is 3.88. The van der Waals surface area contributed by atoms with Crippen LogP contribution in [0.15, 0.2) is 40.9 Å². The molecule has 15 heavy (non-hydrogen) atoms. The second-order valence-corrected chi connectivity index (χ2v) is 5.05. The van der Waals surface area contributed by atoms with Gasteiger partial charge in [-0.2, -0.15) is 0 Å². The fourth-order valence-electron chi connectivity index (χ4n) is 1.54. The molecule has 0 radical (unpaired) electrons. The van der Waals surface area contributed by atoms with E-state index in [1.165, 1.54) is 0 Å². The molecule has 0 aliphatic rings. The molecule has 0 aliphatic heterocycles. The summed E-state index contributed by atoms with van der Waals surface area (Å²) in [6, 6.07) is 11.5. The molecular formula is C11H6BrHgO2. The summed E-state index contributed by atoms with van der Waals surface area (Å²) < 4.78 is 5.86. The van der Waals surface area contributed by atoms with Gasteiger partial charge in [0.2, 0.25) is 0 Å². The second kappa shape index (κ2) is 4.62. The van der Waals surface area contributed by atoms with E-state index in [0.29, 0.717) is 5.56 Å². The Labute approximate surface area is 112 Å². The molecule has 0 aliphatic carbocycles. The first kappa shape index (κ1) is 11.1. The Morgan fingerprint density at radius 3 is 2.53 bits per heavy atom. The van der Waals surface area contributed by atoms with Crippen molar-refractivity contribution in [1.29, 1.82) is 0 Å². The Balaban J connectivity index is 2.80. The SMILES string of the molecule is O=C([O][Hg])c1cccc2cccc(Br)c12. The van der Waals surface area contributed by atoms with E-state index in [1.807, 2.05) is 30.3 Å². The molecule has 0 saturated heterocycles. The van der Waals surface area contributed by atoms with Crippen LogP contribution in [0.25, 0.3) is 10.8 Å². The predicted molar refractivity (Wildman–Crippen MR) is 57.1 cm³/mol. The zero-order valence-electron chi connectivity index (χ0n) is 7.87. The van der Waals surface area contributed by atoms with Crippen LogP contribution in [0.4, 0.5) is 0 Å². The number of fused-ring (bicyclic) bond motifs is 1. The van der Waals surface area contributed by atoms with Crippen molar-refractivity contribution in [3.05, 3.63) is 46.4 Å². The molecule has 0 aromatic heterocycles. The van der Waals surface area contributed by atoms with E-state index in [1.54, 1.807) is 6.07 Å². The minimum atomic E-state index is -0.226. The first-order valence-corrected chi connectivity index (χ1v) is 7.41. The van der Waals surface area contributed by atoms with Crippen LogP contribution >= 0.6 is 15.9 Å². The normalized spacial score (nSPS) is 10.3. The van der Waals surface area contributed by atoms with E-state index in [-0.39, 0.29) is 32.5 Å². The Kier molecular flexibility index (Phi) is 3.41. The topological polar surface area (TPSA) is 26.3 Å². The van der Waals surface area contributed by atoms with Crippen LogP contribution in [0.1, 0.15) is 10.4 Å². The number of hydrogen-bond donors (Lipinski definition) is 0. The van der Waals surface area contributed by atoms with Gasteiger partial charge in [-0.05, 0) is 0 Å². The van der Waals surface area contributed by atoms with Gasteiger partial charge in [-0.25, -0.2) is 0 Å². The van der Waals surface area contributed by atoms with Crippen molar-refractivity contribution < 1.29 is 34.0 Å². The molecule has 0 amide bonds. The Bertz CT molecular complexity index is 520. The van der Waals surface area contributed by atoms with Gasteiger partial charge in [0.25, 0.3) is 0 Å². The zero-order chi connectivity index (χ0) is 10.8. The molecule has 0 atom stereocenters. The van der Waals surface area contributed by atoms with Crippen molar-refractivity contribution in [2.75, 3.05) is 0 Å². The van der Waals surface area contributed by atoms with Crippen LogP contribution in [0.2, 0.25) is 0 Å². The summed E-state index contributed by atoms with van der Waals surface area (Å²) in [5, 5.41) is 1.97. The average molecular weight is 451 g/mol. The molecule has 4 heteroatoms. The summed E-state index contributed by atoms with van der Waals surface area (Å²) in [5.41, 5.74) is 0.634. The summed E-state index contributed by atoms with van der Waals surface area (Å²) in [6.45, 7) is 0. The maximum absolute atomic E-state index is 11.6. The molecule has 0 saturated carbocycles. The van der Waals surface area contributed by atoms with Crippen molar-refractivity contribution in [3.8, 4) is 0 Å². The third-order valence-electron chi connectivity index (χ3n) is 2.20. The van der Waals surface area contributed by atoms with Gasteiger partial charge in [0.15, 0.2) is 0 Å². The zero-order valence-corrected chi connectivity index (χ0v) is 14.9. The van der Waals surface area contributed by atoms with Gasteiger partial charge in [0.1, 0.15) is 0 Å². The van der Waals surface area contributed by atoms with Crippen LogP contribution in [0.3, 0.4) is 0 Å². The van der Waals surface area contributed by atoms with Crippen molar-refractivity contribution in [1.82, 2.24) is 0 Å². The van der Waals surface area contributed by atoms with Crippen LogP contribution in [-0.4, -0.2) is 5.97 Å². The number of carbonyl (C=O) groups excluding carboxylic acids is 1. The predicted octanol–water partition coefficient (Wildman–Crippen LogP) is 3.22. The standard InChI is InChI=1S/C11H7BrO2.Hg/c12-9-6-2-4-7-3-1-5-8(10(7)9)11(13)14;/h1-6H,(H,13,14);/q;+1/p-1. The molecule has 2 nitrogen and oxygen atoms in total. The number of carbonyl (C=O) groups is 1. The van der Waals surface area contributed by atoms with E-state index >= 15 is 0 Å². The molecule has 2 aromatic rings. The van der Waals surface area contributed by atoms with Crippen molar-refractivity contribution in [2.24, 2.45) is 0 Å². The summed E-state index contributed by atoms with van der Waals surface area (Å²) in [6.07, 6.45) is 0. The van der Waals surface area contributed by atoms with E-state index in [2.05, 4.69) is 15.9 Å². The number of benzene rings is 2. The third kappa shape index (κ3) is 2.08. The van der Waals surface area contributed by atoms with E-state index in [4.69, 9.17) is 2.64 Å². The van der Waals surface area contributed by atoms with Crippen molar-refractivity contribution in [3.63, 3.8) is 0 Å². The van der Waals surface area contributed by atoms with E-state index < -0.39 is 0 Å². The second-order valence-electron chi connectivity index (χ2n) is 3.08. The van der Waals surface area contributed by atoms with Gasteiger partial charge in [0.05, 0.1) is 0 Å². The average Bonchev–Trinajstić information content (AvgIpc) is 2.28. The van der Waals surface area contributed by atoms with Crippen LogP contribution in [0, 0.1) is 0 Å². The van der Waals surface area contributed by atoms with Crippen molar-refractivity contribution in [2.45, 2.75) is 0 Å². The molecule has 71 valence electrons. The first-order valence-electron chi connectivity index (χ1n) is 4.37. The molecule has 0 unspecified atom stereocenters. The molecule has 0 N–H and O–H groups in total. The number of hydrogen-bond acceptors (Lipinski definition) is 2. The van der Waals surface area contributed by atoms with Gasteiger partial charge in [-0.1, -0.05) is 0 Å². The van der Waals surface area contributed by atoms with Gasteiger partial charge < -0.3 is 0 Å². The molecule has 0 fully saturated rings. The first-order chi connectivity index (χ1) is 7.24. The van der Waals surface area contributed by atoms with E-state index in [0.717, 1.165) is 15.2 Å². The minimum absolute atomic E-state index is 0.0284. The molecule has 0 spiro atoms. The Morgan fingerprint density at radius 2 is 1.87 bits per heavy atom. The molecular weight excluding hydrogens is 445 g/mol. The summed E-state index contributed by atoms with van der Waals surface area (Å²) in [4.78, 5) is 11.6. The molecule has 2 rings (SSSR count). The fourth-order valence-corrected chi connectivity index (χ4v) is 2.74. The fraction of sp³-hybridized carbons (Fsp3) is 0. The van der Waals surface area contributed by atoms with Crippen LogP contribution < -0.4 is 0 Å². The van der Waals surface area contributed by atoms with E-state index in [9.17, 15) is 4.79 Å². The van der Waals surface area contributed by atoms with Gasteiger partial charge in [-0.15, -0.1) is 0 Å². The van der Waals surface area contributed by atoms with Gasteiger partial charge in [-0.3, -0.25) is 0 Å². The Hall–Kier alpha value is -0.415. The van der Waals surface area contributed by atoms with Gasteiger partial charge >= 0.3 is 113 Å². The summed E-state index contributed by atoms with van der Waals surface area (Å²) in [7, 11) is 0.